The molecule has 0 saturated carbocycles. The number of ether oxygens (including phenoxy) is 2. The van der Waals surface area contributed by atoms with E-state index < -0.39 is 5.97 Å². The van der Waals surface area contributed by atoms with Gasteiger partial charge in [-0.25, -0.2) is 4.79 Å². The summed E-state index contributed by atoms with van der Waals surface area (Å²) < 4.78 is 9.98. The van der Waals surface area contributed by atoms with Crippen LogP contribution in [-0.4, -0.2) is 25.1 Å². The molecule has 0 unspecified atom stereocenters. The summed E-state index contributed by atoms with van der Waals surface area (Å²) in [7, 11) is 0. The van der Waals surface area contributed by atoms with Crippen molar-refractivity contribution in [2.45, 2.75) is 6.92 Å². The van der Waals surface area contributed by atoms with Crippen molar-refractivity contribution in [3.8, 4) is 5.06 Å². The molecule has 2 rings (SSSR count). The molecule has 80 valence electrons. The lowest BCUT2D eigenvalue weighted by Gasteiger charge is -2.12. The molecule has 1 N–H and O–H groups in total. The molecule has 2 heterocycles. The van der Waals surface area contributed by atoms with Gasteiger partial charge in [0.25, 0.3) is 5.91 Å². The van der Waals surface area contributed by atoms with E-state index in [1.807, 2.05) is 0 Å². The molecule has 1 aliphatic rings. The highest BCUT2D eigenvalue weighted by atomic mass is 32.1. The third-order valence-corrected chi connectivity index (χ3v) is 2.81. The Morgan fingerprint density at radius 2 is 2.53 bits per heavy atom. The highest BCUT2D eigenvalue weighted by Crippen LogP contribution is 2.37. The molecule has 1 aromatic heterocycles. The van der Waals surface area contributed by atoms with Gasteiger partial charge in [0, 0.05) is 0 Å². The predicted molar refractivity (Wildman–Crippen MR) is 54.4 cm³/mol. The van der Waals surface area contributed by atoms with Crippen LogP contribution in [0.5, 0.6) is 5.06 Å². The van der Waals surface area contributed by atoms with Crippen molar-refractivity contribution in [1.82, 2.24) is 0 Å². The van der Waals surface area contributed by atoms with E-state index in [2.05, 4.69) is 5.32 Å². The fourth-order valence-electron chi connectivity index (χ4n) is 1.19. The molecule has 0 spiro atoms. The Labute approximate surface area is 90.0 Å². The summed E-state index contributed by atoms with van der Waals surface area (Å²) in [4.78, 5) is 22.8. The normalized spacial score (nSPS) is 13.8. The summed E-state index contributed by atoms with van der Waals surface area (Å²) >= 11 is 1.17. The van der Waals surface area contributed by atoms with E-state index >= 15 is 0 Å². The lowest BCUT2D eigenvalue weighted by atomic mass is 10.4. The zero-order valence-corrected chi connectivity index (χ0v) is 8.85. The second-order valence-electron chi connectivity index (χ2n) is 2.87. The van der Waals surface area contributed by atoms with E-state index in [4.69, 9.17) is 9.47 Å². The van der Waals surface area contributed by atoms with Crippen molar-refractivity contribution in [3.05, 3.63) is 10.9 Å². The average molecular weight is 227 g/mol. The fraction of sp³-hybridized carbons (Fsp3) is 0.333. The van der Waals surface area contributed by atoms with Crippen LogP contribution in [0.3, 0.4) is 0 Å². The lowest BCUT2D eigenvalue weighted by molar-refractivity contribution is -0.118. The van der Waals surface area contributed by atoms with Gasteiger partial charge in [-0.3, -0.25) is 4.79 Å². The summed E-state index contributed by atoms with van der Waals surface area (Å²) in [5.74, 6) is -0.606. The summed E-state index contributed by atoms with van der Waals surface area (Å²) in [6, 6.07) is 1.56. The van der Waals surface area contributed by atoms with Crippen molar-refractivity contribution < 1.29 is 19.1 Å². The Morgan fingerprint density at radius 1 is 1.73 bits per heavy atom. The summed E-state index contributed by atoms with van der Waals surface area (Å²) in [6.45, 7) is 2.06. The number of nitrogens with one attached hydrogen (secondary N) is 1. The largest absolute Gasteiger partial charge is 0.472 e. The SMILES string of the molecule is CCOC(=O)c1cc2c(s1)OCC(=O)N2. The van der Waals surface area contributed by atoms with Gasteiger partial charge in [-0.05, 0) is 13.0 Å². The first kappa shape index (κ1) is 9.97. The third-order valence-electron chi connectivity index (χ3n) is 1.78. The molecule has 6 heteroatoms. The van der Waals surface area contributed by atoms with Crippen LogP contribution in [0.1, 0.15) is 16.6 Å². The van der Waals surface area contributed by atoms with E-state index in [-0.39, 0.29) is 12.5 Å². The zero-order chi connectivity index (χ0) is 10.8. The summed E-state index contributed by atoms with van der Waals surface area (Å²) in [5, 5.41) is 3.17. The zero-order valence-electron chi connectivity index (χ0n) is 8.03. The van der Waals surface area contributed by atoms with Crippen LogP contribution in [0, 0.1) is 0 Å². The topological polar surface area (TPSA) is 64.6 Å². The first-order valence-corrected chi connectivity index (χ1v) is 5.26. The maximum Gasteiger partial charge on any atom is 0.348 e. The van der Waals surface area contributed by atoms with Crippen molar-refractivity contribution in [2.75, 3.05) is 18.5 Å². The van der Waals surface area contributed by atoms with Crippen molar-refractivity contribution in [1.29, 1.82) is 0 Å². The highest BCUT2D eigenvalue weighted by Gasteiger charge is 2.22. The number of esters is 1. The molecule has 5 nitrogen and oxygen atoms in total. The number of anilines is 1. The standard InChI is InChI=1S/C9H9NO4S/c1-2-13-8(12)6-3-5-9(15-6)14-4-7(11)10-5/h3H,2,4H2,1H3,(H,10,11). The maximum absolute atomic E-state index is 11.4. The third kappa shape index (κ3) is 1.94. The number of rotatable bonds is 2. The quantitative estimate of drug-likeness (QED) is 0.772. The number of hydrogen-bond donors (Lipinski definition) is 1. The lowest BCUT2D eigenvalue weighted by Crippen LogP contribution is -2.24. The van der Waals surface area contributed by atoms with Gasteiger partial charge in [0.15, 0.2) is 11.7 Å². The Kier molecular flexibility index (Phi) is 2.59. The minimum absolute atomic E-state index is 0.00419. The molecule has 1 aliphatic heterocycles. The van der Waals surface area contributed by atoms with E-state index in [9.17, 15) is 9.59 Å². The van der Waals surface area contributed by atoms with Gasteiger partial charge in [0.05, 0.1) is 12.3 Å². The number of amides is 1. The number of fused-ring (bicyclic) bond motifs is 1. The minimum atomic E-state index is -0.394. The van der Waals surface area contributed by atoms with Gasteiger partial charge < -0.3 is 14.8 Å². The Bertz CT molecular complexity index is 412. The van der Waals surface area contributed by atoms with Crippen LogP contribution in [0.2, 0.25) is 0 Å². The first-order valence-electron chi connectivity index (χ1n) is 4.44. The number of carbonyl (C=O) groups is 2. The van der Waals surface area contributed by atoms with Gasteiger partial charge in [0.1, 0.15) is 4.88 Å². The molecular formula is C9H9NO4S. The van der Waals surface area contributed by atoms with Crippen LogP contribution < -0.4 is 10.1 Å². The van der Waals surface area contributed by atoms with Crippen molar-refractivity contribution >= 4 is 28.9 Å². The second-order valence-corrected chi connectivity index (χ2v) is 3.88. The molecule has 1 aromatic rings. The monoisotopic (exact) mass is 227 g/mol. The van der Waals surface area contributed by atoms with Gasteiger partial charge in [-0.2, -0.15) is 0 Å². The molecule has 15 heavy (non-hydrogen) atoms. The van der Waals surface area contributed by atoms with Gasteiger partial charge >= 0.3 is 5.97 Å². The Morgan fingerprint density at radius 3 is 3.27 bits per heavy atom. The predicted octanol–water partition coefficient (Wildman–Crippen LogP) is 1.26. The molecule has 0 fully saturated rings. The minimum Gasteiger partial charge on any atom is -0.472 e. The Hall–Kier alpha value is -1.56. The summed E-state index contributed by atoms with van der Waals surface area (Å²) in [5.41, 5.74) is 0.541. The number of hydrogen-bond acceptors (Lipinski definition) is 5. The van der Waals surface area contributed by atoms with Crippen molar-refractivity contribution in [3.63, 3.8) is 0 Å². The van der Waals surface area contributed by atoms with Gasteiger partial charge in [-0.15, -0.1) is 0 Å². The van der Waals surface area contributed by atoms with E-state index in [1.165, 1.54) is 11.3 Å². The van der Waals surface area contributed by atoms with E-state index in [0.29, 0.717) is 22.2 Å². The first-order chi connectivity index (χ1) is 7.20. The second kappa shape index (κ2) is 3.90. The molecule has 0 bridgehead atoms. The van der Waals surface area contributed by atoms with Gasteiger partial charge in [-0.1, -0.05) is 11.3 Å². The maximum atomic E-state index is 11.4. The van der Waals surface area contributed by atoms with Crippen molar-refractivity contribution in [2.24, 2.45) is 0 Å². The van der Waals surface area contributed by atoms with Gasteiger partial charge in [0.2, 0.25) is 0 Å². The van der Waals surface area contributed by atoms with Crippen LogP contribution in [0.4, 0.5) is 5.69 Å². The van der Waals surface area contributed by atoms with E-state index in [1.54, 1.807) is 13.0 Å². The number of thiophene rings is 1. The van der Waals surface area contributed by atoms with E-state index in [0.717, 1.165) is 0 Å². The van der Waals surface area contributed by atoms with Crippen LogP contribution in [-0.2, 0) is 9.53 Å². The molecule has 0 saturated heterocycles. The van der Waals surface area contributed by atoms with Crippen LogP contribution in [0.15, 0.2) is 6.07 Å². The summed E-state index contributed by atoms with van der Waals surface area (Å²) in [6.07, 6.45) is 0. The molecule has 0 atom stereocenters. The smallest absolute Gasteiger partial charge is 0.348 e. The average Bonchev–Trinajstić information content (AvgIpc) is 2.60. The molecule has 1 amide bonds. The molecule has 0 aromatic carbocycles. The fourth-order valence-corrected chi connectivity index (χ4v) is 2.05. The van der Waals surface area contributed by atoms with Crippen LogP contribution >= 0.6 is 11.3 Å². The molecule has 0 aliphatic carbocycles. The number of carbonyl (C=O) groups excluding carboxylic acids is 2. The Balaban J connectivity index is 2.22. The highest BCUT2D eigenvalue weighted by molar-refractivity contribution is 7.16. The molecule has 0 radical (unpaired) electrons. The van der Waals surface area contributed by atoms with Crippen LogP contribution in [0.25, 0.3) is 0 Å². The molecular weight excluding hydrogens is 218 g/mol.